The molecule has 2 fully saturated rings. The summed E-state index contributed by atoms with van der Waals surface area (Å²) in [5.41, 5.74) is 2.08. The van der Waals surface area contributed by atoms with Crippen LogP contribution in [0.1, 0.15) is 24.3 Å². The fourth-order valence-electron chi connectivity index (χ4n) is 3.26. The molecule has 4 rings (SSSR count). The van der Waals surface area contributed by atoms with Crippen molar-refractivity contribution in [2.24, 2.45) is 0 Å². The smallest absolute Gasteiger partial charge is 0.254 e. The topological polar surface area (TPSA) is 48.6 Å². The Balaban J connectivity index is 1.50. The van der Waals surface area contributed by atoms with Gasteiger partial charge in [0.25, 0.3) is 5.91 Å². The van der Waals surface area contributed by atoms with Crippen molar-refractivity contribution < 1.29 is 13.9 Å². The van der Waals surface area contributed by atoms with Crippen molar-refractivity contribution in [3.8, 4) is 0 Å². The predicted octanol–water partition coefficient (Wildman–Crippen LogP) is 2.41. The number of carbonyl (C=O) groups excluding carboxylic acids is 1. The highest BCUT2D eigenvalue weighted by Crippen LogP contribution is 2.33. The monoisotopic (exact) mass is 288 g/mol. The molecular formula is C16H17FN2O2. The Hall–Kier alpha value is -1.88. The number of halogens is 1. The Bertz CT molecular complexity index is 685. The number of H-pyrrole nitrogens is 1. The van der Waals surface area contributed by atoms with Gasteiger partial charge in [-0.1, -0.05) is 0 Å². The number of hydrogen-bond acceptors (Lipinski definition) is 2. The lowest BCUT2D eigenvalue weighted by Gasteiger charge is -2.31. The highest BCUT2D eigenvalue weighted by Gasteiger charge is 2.36. The normalized spacial score (nSPS) is 22.7. The molecular weight excluding hydrogens is 271 g/mol. The highest BCUT2D eigenvalue weighted by atomic mass is 19.1. The molecule has 2 saturated heterocycles. The SMILES string of the molecule is O=C(C1CO1)N1CCC(c2c[nH]c3cc(F)ccc23)CC1. The van der Waals surface area contributed by atoms with Crippen LogP contribution in [-0.4, -0.2) is 41.6 Å². The summed E-state index contributed by atoms with van der Waals surface area (Å²) in [7, 11) is 0. The summed E-state index contributed by atoms with van der Waals surface area (Å²) < 4.78 is 18.3. The molecule has 2 aliphatic rings. The molecule has 2 aliphatic heterocycles. The van der Waals surface area contributed by atoms with Gasteiger partial charge in [-0.15, -0.1) is 0 Å². The van der Waals surface area contributed by atoms with Gasteiger partial charge in [-0.3, -0.25) is 4.79 Å². The predicted molar refractivity (Wildman–Crippen MR) is 76.6 cm³/mol. The number of fused-ring (bicyclic) bond motifs is 1. The van der Waals surface area contributed by atoms with Crippen molar-refractivity contribution in [2.45, 2.75) is 24.9 Å². The molecule has 0 radical (unpaired) electrons. The number of likely N-dealkylation sites (tertiary alicyclic amines) is 1. The standard InChI is InChI=1S/C16H17FN2O2/c17-11-1-2-12-13(8-18-14(12)7-11)10-3-5-19(6-4-10)16(20)15-9-21-15/h1-2,7-8,10,15,18H,3-6,9H2. The first-order chi connectivity index (χ1) is 10.2. The van der Waals surface area contributed by atoms with Gasteiger partial charge in [-0.2, -0.15) is 0 Å². The third-order valence-electron chi connectivity index (χ3n) is 4.53. The van der Waals surface area contributed by atoms with Crippen LogP contribution in [0.25, 0.3) is 10.9 Å². The fourth-order valence-corrected chi connectivity index (χ4v) is 3.26. The van der Waals surface area contributed by atoms with E-state index in [9.17, 15) is 9.18 Å². The number of epoxide rings is 1. The number of nitrogens with zero attached hydrogens (tertiary/aromatic N) is 1. The first kappa shape index (κ1) is 12.8. The lowest BCUT2D eigenvalue weighted by atomic mass is 9.89. The number of rotatable bonds is 2. The van der Waals surface area contributed by atoms with E-state index in [1.54, 1.807) is 0 Å². The molecule has 2 aromatic rings. The Kier molecular flexibility index (Phi) is 2.96. The molecule has 1 N–H and O–H groups in total. The minimum atomic E-state index is -0.222. The van der Waals surface area contributed by atoms with E-state index < -0.39 is 0 Å². The van der Waals surface area contributed by atoms with Crippen LogP contribution >= 0.6 is 0 Å². The molecule has 1 aromatic heterocycles. The summed E-state index contributed by atoms with van der Waals surface area (Å²) in [6, 6.07) is 4.87. The number of benzene rings is 1. The Morgan fingerprint density at radius 3 is 2.81 bits per heavy atom. The van der Waals surface area contributed by atoms with Crippen LogP contribution in [0.5, 0.6) is 0 Å². The van der Waals surface area contributed by atoms with Crippen LogP contribution < -0.4 is 0 Å². The maximum Gasteiger partial charge on any atom is 0.254 e. The van der Waals surface area contributed by atoms with Crippen LogP contribution in [0.2, 0.25) is 0 Å². The second-order valence-electron chi connectivity index (χ2n) is 5.86. The van der Waals surface area contributed by atoms with Crippen molar-refractivity contribution in [3.05, 3.63) is 35.8 Å². The van der Waals surface area contributed by atoms with Crippen molar-refractivity contribution in [1.82, 2.24) is 9.88 Å². The average molecular weight is 288 g/mol. The minimum Gasteiger partial charge on any atom is -0.363 e. The molecule has 5 heteroatoms. The van der Waals surface area contributed by atoms with Crippen LogP contribution in [0.15, 0.2) is 24.4 Å². The van der Waals surface area contributed by atoms with E-state index in [1.165, 1.54) is 17.7 Å². The molecule has 0 aliphatic carbocycles. The first-order valence-corrected chi connectivity index (χ1v) is 7.39. The highest BCUT2D eigenvalue weighted by molar-refractivity contribution is 5.84. The van der Waals surface area contributed by atoms with Gasteiger partial charge in [0, 0.05) is 30.2 Å². The van der Waals surface area contributed by atoms with Gasteiger partial charge in [0.05, 0.1) is 6.61 Å². The molecule has 4 nitrogen and oxygen atoms in total. The lowest BCUT2D eigenvalue weighted by molar-refractivity contribution is -0.133. The zero-order valence-electron chi connectivity index (χ0n) is 11.6. The van der Waals surface area contributed by atoms with Crippen LogP contribution in [0.4, 0.5) is 4.39 Å². The molecule has 1 unspecified atom stereocenters. The van der Waals surface area contributed by atoms with Gasteiger partial charge < -0.3 is 14.6 Å². The molecule has 0 saturated carbocycles. The maximum atomic E-state index is 13.2. The Labute approximate surface area is 121 Å². The number of aromatic amines is 1. The zero-order valence-corrected chi connectivity index (χ0v) is 11.6. The molecule has 21 heavy (non-hydrogen) atoms. The number of nitrogens with one attached hydrogen (secondary N) is 1. The zero-order chi connectivity index (χ0) is 14.4. The van der Waals surface area contributed by atoms with Crippen molar-refractivity contribution in [2.75, 3.05) is 19.7 Å². The molecule has 1 aromatic carbocycles. The van der Waals surface area contributed by atoms with Gasteiger partial charge in [0.15, 0.2) is 6.10 Å². The molecule has 110 valence electrons. The average Bonchev–Trinajstić information content (AvgIpc) is 3.27. The van der Waals surface area contributed by atoms with Crippen molar-refractivity contribution >= 4 is 16.8 Å². The van der Waals surface area contributed by atoms with Gasteiger partial charge >= 0.3 is 0 Å². The second kappa shape index (κ2) is 4.84. The van der Waals surface area contributed by atoms with E-state index in [1.807, 2.05) is 17.2 Å². The number of hydrogen-bond donors (Lipinski definition) is 1. The summed E-state index contributed by atoms with van der Waals surface area (Å²) in [5, 5.41) is 1.09. The number of piperidine rings is 1. The second-order valence-corrected chi connectivity index (χ2v) is 5.86. The first-order valence-electron chi connectivity index (χ1n) is 7.39. The Morgan fingerprint density at radius 2 is 2.10 bits per heavy atom. The molecule has 0 spiro atoms. The van der Waals surface area contributed by atoms with E-state index >= 15 is 0 Å². The summed E-state index contributed by atoms with van der Waals surface area (Å²) >= 11 is 0. The largest absolute Gasteiger partial charge is 0.363 e. The van der Waals surface area contributed by atoms with E-state index in [2.05, 4.69) is 4.98 Å². The number of ether oxygens (including phenoxy) is 1. The van der Waals surface area contributed by atoms with E-state index in [4.69, 9.17) is 4.74 Å². The van der Waals surface area contributed by atoms with E-state index in [0.717, 1.165) is 36.8 Å². The van der Waals surface area contributed by atoms with Crippen LogP contribution in [-0.2, 0) is 9.53 Å². The molecule has 3 heterocycles. The molecule has 1 atom stereocenters. The van der Waals surface area contributed by atoms with Crippen LogP contribution in [0.3, 0.4) is 0 Å². The Morgan fingerprint density at radius 1 is 1.33 bits per heavy atom. The third-order valence-corrected chi connectivity index (χ3v) is 4.53. The minimum absolute atomic E-state index is 0.134. The number of carbonyl (C=O) groups is 1. The van der Waals surface area contributed by atoms with Crippen molar-refractivity contribution in [3.63, 3.8) is 0 Å². The lowest BCUT2D eigenvalue weighted by Crippen LogP contribution is -2.40. The molecule has 1 amide bonds. The maximum absolute atomic E-state index is 13.2. The number of aromatic nitrogens is 1. The van der Waals surface area contributed by atoms with E-state index in [-0.39, 0.29) is 17.8 Å². The number of amides is 1. The van der Waals surface area contributed by atoms with Gasteiger partial charge in [-0.05, 0) is 42.5 Å². The summed E-state index contributed by atoms with van der Waals surface area (Å²) in [6.07, 6.45) is 3.69. The van der Waals surface area contributed by atoms with Gasteiger partial charge in [-0.25, -0.2) is 4.39 Å². The quantitative estimate of drug-likeness (QED) is 0.863. The summed E-state index contributed by atoms with van der Waals surface area (Å²) in [6.45, 7) is 2.13. The summed E-state index contributed by atoms with van der Waals surface area (Å²) in [4.78, 5) is 17.0. The van der Waals surface area contributed by atoms with Gasteiger partial charge in [0.2, 0.25) is 0 Å². The van der Waals surface area contributed by atoms with Crippen LogP contribution in [0, 0.1) is 5.82 Å². The summed E-state index contributed by atoms with van der Waals surface area (Å²) in [5.74, 6) is 0.337. The van der Waals surface area contributed by atoms with Crippen molar-refractivity contribution in [1.29, 1.82) is 0 Å². The van der Waals surface area contributed by atoms with Gasteiger partial charge in [0.1, 0.15) is 5.82 Å². The molecule has 0 bridgehead atoms. The fraction of sp³-hybridized carbons (Fsp3) is 0.438. The van der Waals surface area contributed by atoms with E-state index in [0.29, 0.717) is 12.5 Å². The third kappa shape index (κ3) is 2.31.